The first kappa shape index (κ1) is 14.5. The van der Waals surface area contributed by atoms with E-state index in [1.54, 1.807) is 18.7 Å². The Kier molecular flexibility index (Phi) is 3.49. The van der Waals surface area contributed by atoms with Gasteiger partial charge in [-0.15, -0.1) is 0 Å². The molecule has 2 heterocycles. The van der Waals surface area contributed by atoms with E-state index in [0.29, 0.717) is 30.1 Å². The van der Waals surface area contributed by atoms with Crippen molar-refractivity contribution in [3.05, 3.63) is 11.9 Å². The molecule has 7 heteroatoms. The van der Waals surface area contributed by atoms with Crippen LogP contribution in [0.4, 0.5) is 0 Å². The number of nitrogens with zero attached hydrogens (tertiary/aromatic N) is 3. The van der Waals surface area contributed by atoms with Gasteiger partial charge in [0.15, 0.2) is 0 Å². The topological polar surface area (TPSA) is 81.2 Å². The highest BCUT2D eigenvalue weighted by Gasteiger charge is 2.39. The lowest BCUT2D eigenvalue weighted by atomic mass is 9.81. The van der Waals surface area contributed by atoms with Crippen LogP contribution >= 0.6 is 0 Å². The summed E-state index contributed by atoms with van der Waals surface area (Å²) in [5.41, 5.74) is 6.51. The summed E-state index contributed by atoms with van der Waals surface area (Å²) in [5, 5.41) is 4.01. The second-order valence-electron chi connectivity index (χ2n) is 5.94. The largest absolute Gasteiger partial charge is 0.327 e. The Morgan fingerprint density at radius 2 is 2.11 bits per heavy atom. The summed E-state index contributed by atoms with van der Waals surface area (Å²) in [4.78, 5) is 0.293. The Morgan fingerprint density at radius 1 is 1.47 bits per heavy atom. The van der Waals surface area contributed by atoms with E-state index in [9.17, 15) is 8.42 Å². The molecule has 0 aliphatic carbocycles. The molecule has 0 radical (unpaired) electrons. The van der Waals surface area contributed by atoms with E-state index in [1.165, 1.54) is 10.5 Å². The summed E-state index contributed by atoms with van der Waals surface area (Å²) < 4.78 is 28.4. The molecule has 0 amide bonds. The number of piperidine rings is 1. The van der Waals surface area contributed by atoms with Crippen molar-refractivity contribution in [3.63, 3.8) is 0 Å². The highest BCUT2D eigenvalue weighted by Crippen LogP contribution is 2.31. The first-order valence-electron chi connectivity index (χ1n) is 6.40. The van der Waals surface area contributed by atoms with E-state index >= 15 is 0 Å². The first-order chi connectivity index (χ1) is 8.66. The summed E-state index contributed by atoms with van der Waals surface area (Å²) in [6.45, 7) is 6.71. The van der Waals surface area contributed by atoms with Crippen molar-refractivity contribution in [2.75, 3.05) is 13.1 Å². The summed E-state index contributed by atoms with van der Waals surface area (Å²) >= 11 is 0. The second kappa shape index (κ2) is 4.57. The number of nitrogens with two attached hydrogens (primary N) is 1. The molecule has 108 valence electrons. The molecule has 1 saturated heterocycles. The average Bonchev–Trinajstić information content (AvgIpc) is 2.64. The molecule has 1 unspecified atom stereocenters. The molecule has 0 aromatic carbocycles. The van der Waals surface area contributed by atoms with Crippen LogP contribution < -0.4 is 5.73 Å². The van der Waals surface area contributed by atoms with Crippen molar-refractivity contribution in [2.45, 2.75) is 38.1 Å². The van der Waals surface area contributed by atoms with E-state index in [2.05, 4.69) is 5.10 Å². The summed E-state index contributed by atoms with van der Waals surface area (Å²) in [6.07, 6.45) is 2.11. The minimum atomic E-state index is -3.47. The molecule has 1 aliphatic rings. The van der Waals surface area contributed by atoms with Crippen LogP contribution in [0, 0.1) is 12.3 Å². The zero-order valence-corrected chi connectivity index (χ0v) is 12.7. The lowest BCUT2D eigenvalue weighted by Gasteiger charge is -2.41. The molecule has 0 bridgehead atoms. The predicted octanol–water partition coefficient (Wildman–Crippen LogP) is 0.476. The fourth-order valence-corrected chi connectivity index (χ4v) is 4.21. The number of aromatic nitrogens is 2. The molecule has 0 spiro atoms. The van der Waals surface area contributed by atoms with Gasteiger partial charge in [0.05, 0.1) is 11.9 Å². The summed E-state index contributed by atoms with van der Waals surface area (Å²) in [7, 11) is -1.73. The van der Waals surface area contributed by atoms with Crippen molar-refractivity contribution in [1.29, 1.82) is 0 Å². The van der Waals surface area contributed by atoms with Gasteiger partial charge >= 0.3 is 0 Å². The zero-order valence-electron chi connectivity index (χ0n) is 11.9. The van der Waals surface area contributed by atoms with E-state index in [-0.39, 0.29) is 11.5 Å². The van der Waals surface area contributed by atoms with Crippen LogP contribution in [0.1, 0.15) is 26.0 Å². The Hall–Kier alpha value is -0.920. The van der Waals surface area contributed by atoms with Gasteiger partial charge in [0.25, 0.3) is 0 Å². The van der Waals surface area contributed by atoms with Gasteiger partial charge in [0.2, 0.25) is 10.0 Å². The third-order valence-electron chi connectivity index (χ3n) is 4.09. The first-order valence-corrected chi connectivity index (χ1v) is 7.84. The van der Waals surface area contributed by atoms with Gasteiger partial charge in [-0.05, 0) is 18.8 Å². The smallest absolute Gasteiger partial charge is 0.246 e. The predicted molar refractivity (Wildman–Crippen MR) is 73.1 cm³/mol. The van der Waals surface area contributed by atoms with E-state index < -0.39 is 10.0 Å². The van der Waals surface area contributed by atoms with Crippen LogP contribution in [0.5, 0.6) is 0 Å². The standard InChI is InChI=1S/C12H22N4O2S/c1-9-10(7-14-15(9)4)19(17,18)16-6-5-11(13)12(2,3)8-16/h7,11H,5-6,8,13H2,1-4H3. The number of hydrogen-bond acceptors (Lipinski definition) is 4. The third-order valence-corrected chi connectivity index (χ3v) is 6.03. The lowest BCUT2D eigenvalue weighted by Crippen LogP contribution is -2.53. The molecule has 2 N–H and O–H groups in total. The zero-order chi connectivity index (χ0) is 14.4. The summed E-state index contributed by atoms with van der Waals surface area (Å²) in [5.74, 6) is 0. The van der Waals surface area contributed by atoms with Gasteiger partial charge in [-0.2, -0.15) is 9.40 Å². The Bertz CT molecular complexity index is 577. The minimum absolute atomic E-state index is 0.0361. The number of aryl methyl sites for hydroxylation is 1. The molecule has 1 aromatic rings. The molecule has 0 saturated carbocycles. The Morgan fingerprint density at radius 3 is 2.58 bits per heavy atom. The normalized spacial score (nSPS) is 24.6. The van der Waals surface area contributed by atoms with Crippen molar-refractivity contribution >= 4 is 10.0 Å². The molecule has 1 fully saturated rings. The van der Waals surface area contributed by atoms with Gasteiger partial charge in [-0.25, -0.2) is 8.42 Å². The fourth-order valence-electron chi connectivity index (χ4n) is 2.40. The maximum atomic E-state index is 12.6. The molecule has 1 atom stereocenters. The summed E-state index contributed by atoms with van der Waals surface area (Å²) in [6, 6.07) is 0.0361. The highest BCUT2D eigenvalue weighted by atomic mass is 32.2. The second-order valence-corrected chi connectivity index (χ2v) is 7.85. The molecule has 2 rings (SSSR count). The molecular formula is C12H22N4O2S. The SMILES string of the molecule is Cc1c(S(=O)(=O)N2CCC(N)C(C)(C)C2)cnn1C. The van der Waals surface area contributed by atoms with Crippen LogP contribution in [0.3, 0.4) is 0 Å². The van der Waals surface area contributed by atoms with Crippen LogP contribution in [-0.2, 0) is 17.1 Å². The van der Waals surface area contributed by atoms with Gasteiger partial charge in [0.1, 0.15) is 4.90 Å². The Labute approximate surface area is 114 Å². The minimum Gasteiger partial charge on any atom is -0.327 e. The molecule has 1 aromatic heterocycles. The Balaban J connectivity index is 2.34. The van der Waals surface area contributed by atoms with Crippen molar-refractivity contribution in [3.8, 4) is 0 Å². The highest BCUT2D eigenvalue weighted by molar-refractivity contribution is 7.89. The van der Waals surface area contributed by atoms with Gasteiger partial charge in [0, 0.05) is 26.2 Å². The maximum Gasteiger partial charge on any atom is 0.246 e. The maximum absolute atomic E-state index is 12.6. The lowest BCUT2D eigenvalue weighted by molar-refractivity contribution is 0.155. The number of hydrogen-bond donors (Lipinski definition) is 1. The van der Waals surface area contributed by atoms with E-state index in [0.717, 1.165) is 0 Å². The van der Waals surface area contributed by atoms with Crippen LogP contribution in [0.15, 0.2) is 11.1 Å². The van der Waals surface area contributed by atoms with E-state index in [1.807, 2.05) is 13.8 Å². The fraction of sp³-hybridized carbons (Fsp3) is 0.750. The van der Waals surface area contributed by atoms with Gasteiger partial charge < -0.3 is 5.73 Å². The number of sulfonamides is 1. The van der Waals surface area contributed by atoms with Crippen molar-refractivity contribution < 1.29 is 8.42 Å². The van der Waals surface area contributed by atoms with Crippen LogP contribution in [0.2, 0.25) is 0 Å². The van der Waals surface area contributed by atoms with Gasteiger partial charge in [-0.1, -0.05) is 13.8 Å². The van der Waals surface area contributed by atoms with Crippen LogP contribution in [-0.4, -0.2) is 41.6 Å². The van der Waals surface area contributed by atoms with Gasteiger partial charge in [-0.3, -0.25) is 4.68 Å². The number of rotatable bonds is 2. The molecule has 19 heavy (non-hydrogen) atoms. The van der Waals surface area contributed by atoms with E-state index in [4.69, 9.17) is 5.73 Å². The van der Waals surface area contributed by atoms with Crippen molar-refractivity contribution in [2.24, 2.45) is 18.2 Å². The molecule has 1 aliphatic heterocycles. The van der Waals surface area contributed by atoms with Crippen molar-refractivity contribution in [1.82, 2.24) is 14.1 Å². The molecule has 6 nitrogen and oxygen atoms in total. The average molecular weight is 286 g/mol. The molecular weight excluding hydrogens is 264 g/mol. The monoisotopic (exact) mass is 286 g/mol. The third kappa shape index (κ3) is 2.42. The van der Waals surface area contributed by atoms with Crippen LogP contribution in [0.25, 0.3) is 0 Å². The quantitative estimate of drug-likeness (QED) is 0.857.